The Balaban J connectivity index is 2.52. The molecular weight excluding hydrogens is 180 g/mol. The van der Waals surface area contributed by atoms with Crippen LogP contribution in [0, 0.1) is 17.4 Å². The fourth-order valence-electron chi connectivity index (χ4n) is 1.09. The second-order valence-corrected chi connectivity index (χ2v) is 9.17. The lowest BCUT2D eigenvalue weighted by Crippen LogP contribution is -2.19. The lowest BCUT2D eigenvalue weighted by Gasteiger charge is -2.04. The molecule has 0 aromatic heterocycles. The van der Waals surface area contributed by atoms with Crippen molar-refractivity contribution in [1.29, 1.82) is 0 Å². The first-order valence-corrected chi connectivity index (χ1v) is 8.14. The first-order chi connectivity index (χ1) is 5.99. The highest BCUT2D eigenvalue weighted by atomic mass is 28.3. The zero-order chi connectivity index (χ0) is 9.90. The normalized spacial score (nSPS) is 22.2. The van der Waals surface area contributed by atoms with Gasteiger partial charge in [-0.1, -0.05) is 19.6 Å². The Bertz CT molecular complexity index is 248. The van der Waals surface area contributed by atoms with Gasteiger partial charge in [0.15, 0.2) is 0 Å². The van der Waals surface area contributed by atoms with Gasteiger partial charge in [0, 0.05) is 6.61 Å². The fraction of sp³-hybridized carbons (Fsp3) is 0.700. The summed E-state index contributed by atoms with van der Waals surface area (Å²) < 4.78 is 5.13. The van der Waals surface area contributed by atoms with E-state index in [2.05, 4.69) is 31.1 Å². The molecule has 0 saturated carbocycles. The van der Waals surface area contributed by atoms with Crippen LogP contribution in [0.25, 0.3) is 0 Å². The van der Waals surface area contributed by atoms with Gasteiger partial charge >= 0.3 is 0 Å². The summed E-state index contributed by atoms with van der Waals surface area (Å²) in [6.45, 7) is 7.69. The van der Waals surface area contributed by atoms with Gasteiger partial charge in [0.25, 0.3) is 0 Å². The second-order valence-electron chi connectivity index (χ2n) is 4.42. The van der Waals surface area contributed by atoms with E-state index in [1.807, 2.05) is 0 Å². The van der Waals surface area contributed by atoms with Crippen molar-refractivity contribution in [3.05, 3.63) is 0 Å². The minimum absolute atomic E-state index is 0.0452. The zero-order valence-electron chi connectivity index (χ0n) is 8.52. The summed E-state index contributed by atoms with van der Waals surface area (Å²) in [4.78, 5) is 11.5. The van der Waals surface area contributed by atoms with Crippen molar-refractivity contribution in [2.24, 2.45) is 5.92 Å². The van der Waals surface area contributed by atoms with Crippen molar-refractivity contribution in [3.8, 4) is 11.5 Å². The van der Waals surface area contributed by atoms with E-state index < -0.39 is 8.07 Å². The first kappa shape index (κ1) is 10.5. The van der Waals surface area contributed by atoms with Gasteiger partial charge in [-0.15, -0.1) is 5.54 Å². The van der Waals surface area contributed by atoms with Gasteiger partial charge in [-0.2, -0.15) is 0 Å². The maximum atomic E-state index is 11.5. The van der Waals surface area contributed by atoms with Gasteiger partial charge in [-0.25, -0.2) is 0 Å². The standard InChI is InChI=1S/C10H16O2Si/c1-13(2,3)7-5-10(11)9-4-6-12-8-9/h9H,4,6,8H2,1-3H3. The summed E-state index contributed by atoms with van der Waals surface area (Å²) in [5, 5.41) is 0. The van der Waals surface area contributed by atoms with E-state index in [0.717, 1.165) is 6.42 Å². The Morgan fingerprint density at radius 3 is 2.62 bits per heavy atom. The number of ketones is 1. The first-order valence-electron chi connectivity index (χ1n) is 4.64. The van der Waals surface area contributed by atoms with E-state index >= 15 is 0 Å². The maximum Gasteiger partial charge on any atom is 0.210 e. The van der Waals surface area contributed by atoms with Crippen molar-refractivity contribution in [2.75, 3.05) is 13.2 Å². The third kappa shape index (κ3) is 3.75. The molecule has 0 radical (unpaired) electrons. The van der Waals surface area contributed by atoms with Crippen LogP contribution in [0.5, 0.6) is 0 Å². The molecule has 1 atom stereocenters. The minimum atomic E-state index is -1.39. The Morgan fingerprint density at radius 2 is 2.15 bits per heavy atom. The quantitative estimate of drug-likeness (QED) is 0.469. The van der Waals surface area contributed by atoms with Gasteiger partial charge in [-0.05, 0) is 12.3 Å². The predicted molar refractivity (Wildman–Crippen MR) is 55.1 cm³/mol. The second kappa shape index (κ2) is 4.08. The van der Waals surface area contributed by atoms with Gasteiger partial charge in [0.05, 0.1) is 12.5 Å². The average Bonchev–Trinajstić information content (AvgIpc) is 2.50. The molecule has 1 aliphatic heterocycles. The van der Waals surface area contributed by atoms with E-state index in [1.54, 1.807) is 0 Å². The molecule has 0 aromatic rings. The summed E-state index contributed by atoms with van der Waals surface area (Å²) in [6, 6.07) is 0. The molecule has 13 heavy (non-hydrogen) atoms. The zero-order valence-corrected chi connectivity index (χ0v) is 9.52. The van der Waals surface area contributed by atoms with E-state index in [0.29, 0.717) is 13.2 Å². The predicted octanol–water partition coefficient (Wildman–Crippen LogP) is 1.47. The molecule has 1 rings (SSSR count). The lowest BCUT2D eigenvalue weighted by molar-refractivity contribution is -0.117. The number of ether oxygens (including phenoxy) is 1. The molecule has 72 valence electrons. The number of carbonyl (C=O) groups is 1. The number of rotatable bonds is 1. The smallest absolute Gasteiger partial charge is 0.210 e. The highest BCUT2D eigenvalue weighted by Gasteiger charge is 2.22. The third-order valence-corrected chi connectivity index (χ3v) is 2.74. The van der Waals surface area contributed by atoms with Crippen molar-refractivity contribution in [3.63, 3.8) is 0 Å². The molecule has 0 aliphatic carbocycles. The Morgan fingerprint density at radius 1 is 1.46 bits per heavy atom. The summed E-state index contributed by atoms with van der Waals surface area (Å²) in [6.07, 6.45) is 0.846. The molecule has 3 heteroatoms. The third-order valence-electron chi connectivity index (χ3n) is 1.86. The molecule has 0 aromatic carbocycles. The summed E-state index contributed by atoms with van der Waals surface area (Å²) in [5.41, 5.74) is 3.08. The van der Waals surface area contributed by atoms with E-state index in [-0.39, 0.29) is 11.7 Å². The molecular formula is C10H16O2Si. The summed E-state index contributed by atoms with van der Waals surface area (Å²) in [7, 11) is -1.39. The van der Waals surface area contributed by atoms with Crippen molar-refractivity contribution >= 4 is 13.9 Å². The number of hydrogen-bond donors (Lipinski definition) is 0. The summed E-state index contributed by atoms with van der Waals surface area (Å²) in [5.74, 6) is 2.87. The van der Waals surface area contributed by atoms with Gasteiger partial charge < -0.3 is 4.74 Å². The van der Waals surface area contributed by atoms with Crippen LogP contribution in [0.2, 0.25) is 19.6 Å². The van der Waals surface area contributed by atoms with Crippen molar-refractivity contribution in [2.45, 2.75) is 26.1 Å². The molecule has 0 bridgehead atoms. The van der Waals surface area contributed by atoms with Crippen LogP contribution in [0.1, 0.15) is 6.42 Å². The lowest BCUT2D eigenvalue weighted by atomic mass is 10.0. The molecule has 1 saturated heterocycles. The van der Waals surface area contributed by atoms with E-state index in [1.165, 1.54) is 0 Å². The molecule has 2 nitrogen and oxygen atoms in total. The van der Waals surface area contributed by atoms with E-state index in [4.69, 9.17) is 4.74 Å². The van der Waals surface area contributed by atoms with Crippen LogP contribution in [-0.4, -0.2) is 27.1 Å². The number of hydrogen-bond acceptors (Lipinski definition) is 2. The van der Waals surface area contributed by atoms with Gasteiger partial charge in [0.1, 0.15) is 8.07 Å². The Hall–Kier alpha value is -0.593. The molecule has 1 fully saturated rings. The molecule has 0 amide bonds. The molecule has 1 heterocycles. The Kier molecular flexibility index (Phi) is 3.29. The van der Waals surface area contributed by atoms with Crippen molar-refractivity contribution in [1.82, 2.24) is 0 Å². The topological polar surface area (TPSA) is 26.3 Å². The van der Waals surface area contributed by atoms with Crippen LogP contribution < -0.4 is 0 Å². The fourth-order valence-corrected chi connectivity index (χ4v) is 1.59. The van der Waals surface area contributed by atoms with E-state index in [9.17, 15) is 4.79 Å². The van der Waals surface area contributed by atoms with Crippen LogP contribution in [-0.2, 0) is 9.53 Å². The molecule has 1 unspecified atom stereocenters. The monoisotopic (exact) mass is 196 g/mol. The molecule has 0 spiro atoms. The van der Waals surface area contributed by atoms with Gasteiger partial charge in [0.2, 0.25) is 5.78 Å². The highest BCUT2D eigenvalue weighted by Crippen LogP contribution is 2.12. The van der Waals surface area contributed by atoms with Crippen LogP contribution >= 0.6 is 0 Å². The van der Waals surface area contributed by atoms with Crippen LogP contribution in [0.15, 0.2) is 0 Å². The summed E-state index contributed by atoms with van der Waals surface area (Å²) >= 11 is 0. The van der Waals surface area contributed by atoms with Gasteiger partial charge in [-0.3, -0.25) is 4.79 Å². The average molecular weight is 196 g/mol. The maximum absolute atomic E-state index is 11.5. The SMILES string of the molecule is C[Si](C)(C)C#CC(=O)C1CCOC1. The van der Waals surface area contributed by atoms with Crippen LogP contribution in [0.3, 0.4) is 0 Å². The number of carbonyl (C=O) groups excluding carboxylic acids is 1. The number of Topliss-reactive ketones (excluding diaryl/α,β-unsaturated/α-hetero) is 1. The Labute approximate surface area is 80.7 Å². The van der Waals surface area contributed by atoms with Crippen LogP contribution in [0.4, 0.5) is 0 Å². The van der Waals surface area contributed by atoms with Crippen molar-refractivity contribution < 1.29 is 9.53 Å². The minimum Gasteiger partial charge on any atom is -0.381 e. The highest BCUT2D eigenvalue weighted by molar-refractivity contribution is 6.84. The molecule has 1 aliphatic rings. The molecule has 0 N–H and O–H groups in total. The largest absolute Gasteiger partial charge is 0.381 e.